The van der Waals surface area contributed by atoms with Crippen molar-refractivity contribution in [2.75, 3.05) is 27.2 Å². The van der Waals surface area contributed by atoms with Gasteiger partial charge in [-0.1, -0.05) is 6.07 Å². The molecule has 1 aliphatic heterocycles. The molecule has 3 heterocycles. The molecule has 0 saturated carbocycles. The van der Waals surface area contributed by atoms with Crippen LogP contribution in [0.1, 0.15) is 29.9 Å². The van der Waals surface area contributed by atoms with Gasteiger partial charge in [-0.05, 0) is 63.5 Å². The monoisotopic (exact) mass is 343 g/mol. The lowest BCUT2D eigenvalue weighted by Crippen LogP contribution is -2.32. The molecule has 3 rings (SSSR count). The molecule has 24 heavy (non-hydrogen) atoms. The van der Waals surface area contributed by atoms with Gasteiger partial charge < -0.3 is 19.7 Å². The molecule has 6 heteroatoms. The van der Waals surface area contributed by atoms with E-state index in [1.807, 2.05) is 18.3 Å². The van der Waals surface area contributed by atoms with Gasteiger partial charge >= 0.3 is 0 Å². The highest BCUT2D eigenvalue weighted by Crippen LogP contribution is 2.38. The van der Waals surface area contributed by atoms with E-state index < -0.39 is 0 Å². The van der Waals surface area contributed by atoms with Crippen molar-refractivity contribution in [1.82, 2.24) is 24.7 Å². The summed E-state index contributed by atoms with van der Waals surface area (Å²) in [5, 5.41) is 4.31. The van der Waals surface area contributed by atoms with Gasteiger partial charge in [-0.25, -0.2) is 0 Å². The van der Waals surface area contributed by atoms with Crippen LogP contribution in [0.15, 0.2) is 42.7 Å². The molecule has 1 N–H and O–H groups in total. The van der Waals surface area contributed by atoms with Crippen LogP contribution in [-0.4, -0.2) is 51.6 Å². The first-order valence-corrected chi connectivity index (χ1v) is 8.73. The second-order valence-corrected chi connectivity index (χ2v) is 6.91. The number of pyridine rings is 1. The molecule has 0 spiro atoms. The van der Waals surface area contributed by atoms with Crippen LogP contribution in [0.2, 0.25) is 0 Å². The number of hydrogen-bond donors (Lipinski definition) is 1. The first-order chi connectivity index (χ1) is 11.6. The average Bonchev–Trinajstić information content (AvgIpc) is 3.11. The van der Waals surface area contributed by atoms with E-state index in [1.165, 1.54) is 5.69 Å². The van der Waals surface area contributed by atoms with Crippen molar-refractivity contribution in [3.8, 4) is 0 Å². The molecular weight excluding hydrogens is 318 g/mol. The van der Waals surface area contributed by atoms with Gasteiger partial charge in [0, 0.05) is 31.7 Å². The zero-order valence-electron chi connectivity index (χ0n) is 14.5. The van der Waals surface area contributed by atoms with E-state index >= 15 is 0 Å². The van der Waals surface area contributed by atoms with Gasteiger partial charge in [0.1, 0.15) is 0 Å². The number of rotatable bonds is 6. The van der Waals surface area contributed by atoms with E-state index in [2.05, 4.69) is 70.2 Å². The Kier molecular flexibility index (Phi) is 5.16. The molecular formula is C18H25N5S. The van der Waals surface area contributed by atoms with Crippen molar-refractivity contribution in [2.45, 2.75) is 18.5 Å². The van der Waals surface area contributed by atoms with Crippen LogP contribution >= 0.6 is 12.2 Å². The highest BCUT2D eigenvalue weighted by Gasteiger charge is 2.40. The summed E-state index contributed by atoms with van der Waals surface area (Å²) in [6.07, 6.45) is 5.01. The molecule has 0 aromatic carbocycles. The van der Waals surface area contributed by atoms with Crippen molar-refractivity contribution >= 4 is 17.3 Å². The summed E-state index contributed by atoms with van der Waals surface area (Å²) in [6, 6.07) is 10.5. The number of thiocarbonyl (C=S) groups is 1. The lowest BCUT2D eigenvalue weighted by atomic mass is 10.0. The molecule has 128 valence electrons. The molecule has 5 nitrogen and oxygen atoms in total. The molecule has 0 amide bonds. The van der Waals surface area contributed by atoms with E-state index in [-0.39, 0.29) is 12.1 Å². The van der Waals surface area contributed by atoms with Gasteiger partial charge in [0.05, 0.1) is 17.8 Å². The first-order valence-electron chi connectivity index (χ1n) is 8.32. The molecule has 2 aromatic heterocycles. The molecule has 0 aliphatic carbocycles. The van der Waals surface area contributed by atoms with Gasteiger partial charge in [-0.2, -0.15) is 0 Å². The minimum atomic E-state index is 0.0756. The van der Waals surface area contributed by atoms with Crippen molar-refractivity contribution in [2.24, 2.45) is 7.05 Å². The summed E-state index contributed by atoms with van der Waals surface area (Å²) in [6.45, 7) is 1.98. The Hall–Kier alpha value is -1.92. The average molecular weight is 344 g/mol. The van der Waals surface area contributed by atoms with Crippen LogP contribution in [0.25, 0.3) is 0 Å². The molecule has 0 bridgehead atoms. The highest BCUT2D eigenvalue weighted by molar-refractivity contribution is 7.80. The van der Waals surface area contributed by atoms with Crippen molar-refractivity contribution in [3.05, 3.63) is 54.1 Å². The van der Waals surface area contributed by atoms with Crippen LogP contribution in [0.3, 0.4) is 0 Å². The number of aryl methyl sites for hydroxylation is 1. The van der Waals surface area contributed by atoms with Crippen molar-refractivity contribution in [3.63, 3.8) is 0 Å². The van der Waals surface area contributed by atoms with E-state index in [1.54, 1.807) is 0 Å². The number of aromatic nitrogens is 2. The third-order valence-corrected chi connectivity index (χ3v) is 4.84. The quantitative estimate of drug-likeness (QED) is 0.815. The van der Waals surface area contributed by atoms with Gasteiger partial charge in [0.25, 0.3) is 0 Å². The maximum Gasteiger partial charge on any atom is 0.170 e. The first kappa shape index (κ1) is 16.9. The lowest BCUT2D eigenvalue weighted by molar-refractivity contribution is 0.285. The normalized spacial score (nSPS) is 20.7. The van der Waals surface area contributed by atoms with Crippen molar-refractivity contribution < 1.29 is 0 Å². The number of nitrogens with one attached hydrogen (secondary N) is 1. The lowest BCUT2D eigenvalue weighted by Gasteiger charge is -2.28. The fourth-order valence-corrected chi connectivity index (χ4v) is 3.64. The summed E-state index contributed by atoms with van der Waals surface area (Å²) in [7, 11) is 6.29. The second kappa shape index (κ2) is 7.32. The van der Waals surface area contributed by atoms with Crippen LogP contribution in [0, 0.1) is 0 Å². The molecule has 1 fully saturated rings. The summed E-state index contributed by atoms with van der Waals surface area (Å²) in [5.74, 6) is 0. The minimum Gasteiger partial charge on any atom is -0.353 e. The van der Waals surface area contributed by atoms with E-state index in [0.29, 0.717) is 0 Å². The molecule has 1 aliphatic rings. The summed E-state index contributed by atoms with van der Waals surface area (Å²) in [4.78, 5) is 9.08. The van der Waals surface area contributed by atoms with Gasteiger partial charge in [0.15, 0.2) is 5.11 Å². The van der Waals surface area contributed by atoms with Gasteiger partial charge in [-0.3, -0.25) is 4.98 Å². The topological polar surface area (TPSA) is 36.3 Å². The number of hydrogen-bond acceptors (Lipinski definition) is 3. The third-order valence-electron chi connectivity index (χ3n) is 4.49. The van der Waals surface area contributed by atoms with E-state index in [4.69, 9.17) is 12.2 Å². The van der Waals surface area contributed by atoms with Gasteiger partial charge in [-0.15, -0.1) is 0 Å². The Morgan fingerprint density at radius 2 is 2.08 bits per heavy atom. The third kappa shape index (κ3) is 3.44. The molecule has 0 unspecified atom stereocenters. The van der Waals surface area contributed by atoms with E-state index in [0.717, 1.165) is 30.3 Å². The zero-order chi connectivity index (χ0) is 17.1. The van der Waals surface area contributed by atoms with E-state index in [9.17, 15) is 0 Å². The Balaban J connectivity index is 1.90. The van der Waals surface area contributed by atoms with Crippen LogP contribution in [-0.2, 0) is 7.05 Å². The van der Waals surface area contributed by atoms with Crippen LogP contribution < -0.4 is 5.32 Å². The summed E-state index contributed by atoms with van der Waals surface area (Å²) >= 11 is 5.66. The standard InChI is InChI=1S/C18H25N5S/c1-21(2)11-7-13-23-17(15-9-6-12-22(15)3)16(20-18(23)24)14-8-4-5-10-19-14/h4-6,8-10,12,16-17H,7,11,13H2,1-3H3,(H,20,24)/t16-,17-/m1/s1. The fraction of sp³-hybridized carbons (Fsp3) is 0.444. The Morgan fingerprint density at radius 1 is 1.25 bits per heavy atom. The maximum absolute atomic E-state index is 5.66. The second-order valence-electron chi connectivity index (χ2n) is 6.52. The van der Waals surface area contributed by atoms with Crippen LogP contribution in [0.4, 0.5) is 0 Å². The predicted octanol–water partition coefficient (Wildman–Crippen LogP) is 2.34. The van der Waals surface area contributed by atoms with Crippen molar-refractivity contribution in [1.29, 1.82) is 0 Å². The smallest absolute Gasteiger partial charge is 0.170 e. The maximum atomic E-state index is 5.66. The number of nitrogens with zero attached hydrogens (tertiary/aromatic N) is 4. The summed E-state index contributed by atoms with van der Waals surface area (Å²) < 4.78 is 2.18. The Labute approximate surface area is 149 Å². The highest BCUT2D eigenvalue weighted by atomic mass is 32.1. The van der Waals surface area contributed by atoms with Gasteiger partial charge in [0.2, 0.25) is 0 Å². The summed E-state index contributed by atoms with van der Waals surface area (Å²) in [5.41, 5.74) is 2.28. The SMILES string of the molecule is CN(C)CCCN1C(=S)N[C@H](c2ccccn2)[C@H]1c1cccn1C. The fourth-order valence-electron chi connectivity index (χ4n) is 3.31. The van der Waals surface area contributed by atoms with Crippen LogP contribution in [0.5, 0.6) is 0 Å². The minimum absolute atomic E-state index is 0.0756. The largest absolute Gasteiger partial charge is 0.353 e. The molecule has 2 aromatic rings. The Morgan fingerprint density at radius 3 is 2.71 bits per heavy atom. The zero-order valence-corrected chi connectivity index (χ0v) is 15.3. The molecule has 1 saturated heterocycles. The Bertz CT molecular complexity index is 682. The molecule has 2 atom stereocenters. The molecule has 0 radical (unpaired) electrons. The predicted molar refractivity (Wildman–Crippen MR) is 101 cm³/mol.